The van der Waals surface area contributed by atoms with Gasteiger partial charge in [-0.25, -0.2) is 4.57 Å². The number of esters is 2. The molecule has 0 aliphatic carbocycles. The number of carbonyl (C=O) groups excluding carboxylic acids is 2. The van der Waals surface area contributed by atoms with Crippen molar-refractivity contribution in [3.63, 3.8) is 0 Å². The lowest BCUT2D eigenvalue weighted by Crippen LogP contribution is -2.37. The average molecular weight is 731 g/mol. The molecule has 2 unspecified atom stereocenters. The lowest BCUT2D eigenvalue weighted by atomic mass is 9.98. The first-order valence-corrected chi connectivity index (χ1v) is 21.0. The predicted molar refractivity (Wildman–Crippen MR) is 194 cm³/mol. The standard InChI is InChI=1S/C36H68N5O8P/c1-6-8-10-12-14-16-18-24-35(37-38-35)26-20-22-33(42)46-30-32(31-48-50(44,45)47-29-28-41(3,4)5)49-34(43)23-21-27-36(39-40-36)25-19-17-15-13-11-9-7-2/h32H,6-31H2,1-5H3/p+1. The van der Waals surface area contributed by atoms with Crippen LogP contribution in [-0.4, -0.2) is 86.3 Å². The molecule has 2 atom stereocenters. The van der Waals surface area contributed by atoms with Gasteiger partial charge in [0.05, 0.1) is 27.7 Å². The summed E-state index contributed by atoms with van der Waals surface area (Å²) in [6, 6.07) is 0. The number of hydrogen-bond donors (Lipinski definition) is 1. The van der Waals surface area contributed by atoms with E-state index < -0.39 is 32.5 Å². The van der Waals surface area contributed by atoms with E-state index >= 15 is 0 Å². The zero-order chi connectivity index (χ0) is 36.8. The Morgan fingerprint density at radius 3 is 1.54 bits per heavy atom. The van der Waals surface area contributed by atoms with Crippen LogP contribution >= 0.6 is 7.82 Å². The Hall–Kier alpha value is -1.79. The molecule has 0 spiro atoms. The number of likely N-dealkylation sites (N-methyl/N-ethyl adjacent to an activating group) is 1. The van der Waals surface area contributed by atoms with Gasteiger partial charge in [0.15, 0.2) is 17.4 Å². The van der Waals surface area contributed by atoms with Crippen LogP contribution < -0.4 is 0 Å². The molecule has 0 fully saturated rings. The Labute approximate surface area is 301 Å². The van der Waals surface area contributed by atoms with Gasteiger partial charge >= 0.3 is 19.8 Å². The van der Waals surface area contributed by atoms with Crippen molar-refractivity contribution < 1.29 is 42.1 Å². The van der Waals surface area contributed by atoms with Crippen LogP contribution in [0, 0.1) is 0 Å². The molecule has 0 saturated carbocycles. The molecule has 290 valence electrons. The van der Waals surface area contributed by atoms with Crippen molar-refractivity contribution in [1.29, 1.82) is 0 Å². The number of phosphoric acid groups is 1. The molecule has 2 aliphatic heterocycles. The monoisotopic (exact) mass is 730 g/mol. The van der Waals surface area contributed by atoms with Gasteiger partial charge in [-0.3, -0.25) is 18.6 Å². The fraction of sp³-hybridized carbons (Fsp3) is 0.944. The van der Waals surface area contributed by atoms with E-state index in [2.05, 4.69) is 34.3 Å². The van der Waals surface area contributed by atoms with E-state index in [4.69, 9.17) is 18.5 Å². The average Bonchev–Trinajstić information content (AvgIpc) is 3.99. The first-order chi connectivity index (χ1) is 23.8. The van der Waals surface area contributed by atoms with Crippen LogP contribution in [0.1, 0.15) is 155 Å². The van der Waals surface area contributed by atoms with E-state index in [9.17, 15) is 19.0 Å². The number of phosphoric ester groups is 1. The Morgan fingerprint density at radius 1 is 0.640 bits per heavy atom. The zero-order valence-electron chi connectivity index (χ0n) is 32.0. The summed E-state index contributed by atoms with van der Waals surface area (Å²) in [4.78, 5) is 35.6. The van der Waals surface area contributed by atoms with Crippen LogP contribution in [0.25, 0.3) is 0 Å². The first kappa shape index (κ1) is 44.4. The molecule has 0 amide bonds. The summed E-state index contributed by atoms with van der Waals surface area (Å²) >= 11 is 0. The van der Waals surface area contributed by atoms with Gasteiger partial charge in [0.1, 0.15) is 19.8 Å². The molecule has 50 heavy (non-hydrogen) atoms. The second-order valence-electron chi connectivity index (χ2n) is 15.2. The van der Waals surface area contributed by atoms with Crippen molar-refractivity contribution >= 4 is 19.8 Å². The molecule has 2 heterocycles. The normalized spacial score (nSPS) is 17.3. The molecular weight excluding hydrogens is 661 g/mol. The minimum absolute atomic E-state index is 0.00640. The summed E-state index contributed by atoms with van der Waals surface area (Å²) in [6.45, 7) is 4.18. The maximum Gasteiger partial charge on any atom is 0.472 e. The van der Waals surface area contributed by atoms with Gasteiger partial charge in [-0.15, -0.1) is 0 Å². The van der Waals surface area contributed by atoms with Crippen molar-refractivity contribution in [2.75, 3.05) is 47.5 Å². The van der Waals surface area contributed by atoms with Gasteiger partial charge < -0.3 is 18.9 Å². The fourth-order valence-corrected chi connectivity index (χ4v) is 6.56. The molecule has 0 aromatic rings. The van der Waals surface area contributed by atoms with Gasteiger partial charge in [-0.05, 0) is 51.4 Å². The van der Waals surface area contributed by atoms with E-state index in [1.54, 1.807) is 0 Å². The molecular formula is C36H69N5O8P+. The highest BCUT2D eigenvalue weighted by Crippen LogP contribution is 2.43. The van der Waals surface area contributed by atoms with Gasteiger partial charge in [-0.2, -0.15) is 20.5 Å². The Bertz CT molecular complexity index is 1070. The smallest absolute Gasteiger partial charge is 0.462 e. The maximum atomic E-state index is 12.8. The number of rotatable bonds is 34. The van der Waals surface area contributed by atoms with Crippen LogP contribution in [0.4, 0.5) is 0 Å². The number of nitrogens with zero attached hydrogens (tertiary/aromatic N) is 5. The van der Waals surface area contributed by atoms with Crippen LogP contribution in [-0.2, 0) is 32.7 Å². The molecule has 0 aromatic carbocycles. The number of quaternary nitrogens is 1. The third kappa shape index (κ3) is 22.2. The quantitative estimate of drug-likeness (QED) is 0.0297. The molecule has 0 bridgehead atoms. The molecule has 13 nitrogen and oxygen atoms in total. The third-order valence-electron chi connectivity index (χ3n) is 9.21. The number of hydrogen-bond acceptors (Lipinski definition) is 11. The molecule has 2 aliphatic rings. The largest absolute Gasteiger partial charge is 0.472 e. The lowest BCUT2D eigenvalue weighted by molar-refractivity contribution is -0.870. The van der Waals surface area contributed by atoms with Crippen LogP contribution in [0.15, 0.2) is 20.5 Å². The molecule has 1 N–H and O–H groups in total. The number of unbranched alkanes of at least 4 members (excludes halogenated alkanes) is 12. The lowest BCUT2D eigenvalue weighted by Gasteiger charge is -2.24. The Balaban J connectivity index is 1.74. The van der Waals surface area contributed by atoms with Gasteiger partial charge in [0.25, 0.3) is 0 Å². The topological polar surface area (TPSA) is 158 Å². The van der Waals surface area contributed by atoms with Crippen LogP contribution in [0.5, 0.6) is 0 Å². The third-order valence-corrected chi connectivity index (χ3v) is 10.2. The molecule has 2 rings (SSSR count). The SMILES string of the molecule is CCCCCCCCCC1(CCCC(=O)OCC(COP(=O)(O)OCC[N+](C)(C)C)OC(=O)CCCC2(CCCCCCCCC)N=N2)N=N1. The minimum Gasteiger partial charge on any atom is -0.462 e. The summed E-state index contributed by atoms with van der Waals surface area (Å²) in [5, 5.41) is 17.1. The van der Waals surface area contributed by atoms with Crippen LogP contribution in [0.2, 0.25) is 0 Å². The Kier molecular flexibility index (Phi) is 21.0. The molecule has 0 aromatic heterocycles. The van der Waals surface area contributed by atoms with Gasteiger partial charge in [0.2, 0.25) is 0 Å². The highest BCUT2D eigenvalue weighted by molar-refractivity contribution is 7.47. The van der Waals surface area contributed by atoms with Crippen molar-refractivity contribution in [2.24, 2.45) is 20.5 Å². The van der Waals surface area contributed by atoms with Gasteiger partial charge in [0, 0.05) is 12.8 Å². The van der Waals surface area contributed by atoms with E-state index in [1.165, 1.54) is 70.6 Å². The molecule has 0 radical (unpaired) electrons. The second kappa shape index (κ2) is 23.7. The fourth-order valence-electron chi connectivity index (χ4n) is 5.82. The summed E-state index contributed by atoms with van der Waals surface area (Å²) in [6.07, 6.45) is 20.6. The van der Waals surface area contributed by atoms with E-state index in [-0.39, 0.29) is 37.4 Å². The molecule has 14 heteroatoms. The highest BCUT2D eigenvalue weighted by atomic mass is 31.2. The highest BCUT2D eigenvalue weighted by Gasteiger charge is 2.39. The van der Waals surface area contributed by atoms with Crippen molar-refractivity contribution in [2.45, 2.75) is 173 Å². The van der Waals surface area contributed by atoms with Crippen LogP contribution in [0.3, 0.4) is 0 Å². The molecule has 0 saturated heterocycles. The summed E-state index contributed by atoms with van der Waals surface area (Å²) < 4.78 is 34.3. The van der Waals surface area contributed by atoms with Gasteiger partial charge in [-0.1, -0.05) is 90.9 Å². The van der Waals surface area contributed by atoms with E-state index in [0.29, 0.717) is 36.7 Å². The van der Waals surface area contributed by atoms with E-state index in [1.807, 2.05) is 21.1 Å². The van der Waals surface area contributed by atoms with Crippen molar-refractivity contribution in [1.82, 2.24) is 0 Å². The van der Waals surface area contributed by atoms with Crippen molar-refractivity contribution in [3.8, 4) is 0 Å². The van der Waals surface area contributed by atoms with Crippen molar-refractivity contribution in [3.05, 3.63) is 0 Å². The number of carbonyl (C=O) groups is 2. The zero-order valence-corrected chi connectivity index (χ0v) is 32.8. The summed E-state index contributed by atoms with van der Waals surface area (Å²) in [5.41, 5.74) is -0.722. The number of ether oxygens (including phenoxy) is 2. The second-order valence-corrected chi connectivity index (χ2v) is 16.7. The summed E-state index contributed by atoms with van der Waals surface area (Å²) in [5.74, 6) is -0.960. The Morgan fingerprint density at radius 2 is 1.08 bits per heavy atom. The predicted octanol–water partition coefficient (Wildman–Crippen LogP) is 9.23. The van der Waals surface area contributed by atoms with E-state index in [0.717, 1.165) is 32.1 Å². The minimum atomic E-state index is -4.42. The summed E-state index contributed by atoms with van der Waals surface area (Å²) in [7, 11) is 1.39. The maximum absolute atomic E-state index is 12.8. The first-order valence-electron chi connectivity index (χ1n) is 19.5.